The van der Waals surface area contributed by atoms with Crippen LogP contribution >= 0.6 is 11.3 Å². The molecule has 6 heteroatoms. The molecule has 0 spiro atoms. The van der Waals surface area contributed by atoms with Crippen molar-refractivity contribution < 1.29 is 4.79 Å². The molecule has 1 aromatic heterocycles. The fourth-order valence-electron chi connectivity index (χ4n) is 3.30. The first-order valence-corrected chi connectivity index (χ1v) is 10.5. The van der Waals surface area contributed by atoms with Crippen LogP contribution in [0.3, 0.4) is 0 Å². The van der Waals surface area contributed by atoms with Crippen molar-refractivity contribution in [3.8, 4) is 0 Å². The van der Waals surface area contributed by atoms with Crippen LogP contribution in [0, 0.1) is 12.8 Å². The molecule has 27 heavy (non-hydrogen) atoms. The molecule has 1 aliphatic heterocycles. The van der Waals surface area contributed by atoms with E-state index in [1.165, 1.54) is 16.9 Å². The van der Waals surface area contributed by atoms with Gasteiger partial charge >= 0.3 is 0 Å². The summed E-state index contributed by atoms with van der Waals surface area (Å²) in [6.07, 6.45) is 0.916. The molecular weight excluding hydrogens is 356 g/mol. The van der Waals surface area contributed by atoms with E-state index < -0.39 is 0 Å². The van der Waals surface area contributed by atoms with Gasteiger partial charge in [-0.15, -0.1) is 11.3 Å². The quantitative estimate of drug-likeness (QED) is 0.823. The Balaban J connectivity index is 1.63. The summed E-state index contributed by atoms with van der Waals surface area (Å²) >= 11 is 1.51. The summed E-state index contributed by atoms with van der Waals surface area (Å²) in [5.41, 5.74) is 2.91. The third kappa shape index (κ3) is 5.61. The third-order valence-corrected chi connectivity index (χ3v) is 6.00. The standard InChI is InChI=1S/C21H30N4OS/c1-15(2)12-19-22-16(3)20(27-19)21(26)23-18-7-5-6-17(13-18)14-25-10-8-24(4)9-11-25/h5-7,13,15H,8-12,14H2,1-4H3,(H,23,26). The summed E-state index contributed by atoms with van der Waals surface area (Å²) in [6.45, 7) is 11.6. The van der Waals surface area contributed by atoms with Crippen molar-refractivity contribution in [3.05, 3.63) is 45.4 Å². The number of hydrogen-bond acceptors (Lipinski definition) is 5. The number of piperazine rings is 1. The Morgan fingerprint density at radius 2 is 2.00 bits per heavy atom. The Hall–Kier alpha value is -1.76. The smallest absolute Gasteiger partial charge is 0.267 e. The summed E-state index contributed by atoms with van der Waals surface area (Å²) in [6, 6.07) is 8.19. The van der Waals surface area contributed by atoms with Crippen molar-refractivity contribution in [2.75, 3.05) is 38.5 Å². The van der Waals surface area contributed by atoms with Gasteiger partial charge < -0.3 is 10.2 Å². The first-order chi connectivity index (χ1) is 12.9. The van der Waals surface area contributed by atoms with Gasteiger partial charge in [0, 0.05) is 44.8 Å². The van der Waals surface area contributed by atoms with Crippen molar-refractivity contribution in [1.29, 1.82) is 0 Å². The highest BCUT2D eigenvalue weighted by molar-refractivity contribution is 7.13. The van der Waals surface area contributed by atoms with E-state index in [1.54, 1.807) is 0 Å². The van der Waals surface area contributed by atoms with Crippen LogP contribution in [0.4, 0.5) is 5.69 Å². The maximum absolute atomic E-state index is 12.7. The number of thiazole rings is 1. The van der Waals surface area contributed by atoms with Crippen LogP contribution in [0.5, 0.6) is 0 Å². The second-order valence-corrected chi connectivity index (χ2v) is 8.94. The molecule has 1 fully saturated rings. The molecule has 3 rings (SSSR count). The molecule has 0 aliphatic carbocycles. The average Bonchev–Trinajstić information content (AvgIpc) is 2.97. The normalized spacial score (nSPS) is 16.0. The summed E-state index contributed by atoms with van der Waals surface area (Å²) in [5.74, 6) is 0.481. The van der Waals surface area contributed by atoms with Gasteiger partial charge in [-0.2, -0.15) is 0 Å². The van der Waals surface area contributed by atoms with E-state index >= 15 is 0 Å². The van der Waals surface area contributed by atoms with Gasteiger partial charge in [0.25, 0.3) is 5.91 Å². The number of rotatable bonds is 6. The zero-order chi connectivity index (χ0) is 19.4. The van der Waals surface area contributed by atoms with Gasteiger partial charge in [-0.3, -0.25) is 9.69 Å². The highest BCUT2D eigenvalue weighted by atomic mass is 32.1. The minimum absolute atomic E-state index is 0.0586. The Morgan fingerprint density at radius 3 is 2.70 bits per heavy atom. The molecule has 1 aromatic carbocycles. The number of carbonyl (C=O) groups is 1. The first-order valence-electron chi connectivity index (χ1n) is 9.68. The molecule has 1 amide bonds. The number of amides is 1. The van der Waals surface area contributed by atoms with Crippen molar-refractivity contribution in [2.24, 2.45) is 5.92 Å². The summed E-state index contributed by atoms with van der Waals surface area (Å²) in [5, 5.41) is 4.09. The van der Waals surface area contributed by atoms with E-state index in [-0.39, 0.29) is 5.91 Å². The summed E-state index contributed by atoms with van der Waals surface area (Å²) < 4.78 is 0. The SMILES string of the molecule is Cc1nc(CC(C)C)sc1C(=O)Nc1cccc(CN2CCN(C)CC2)c1. The lowest BCUT2D eigenvalue weighted by atomic mass is 10.1. The van der Waals surface area contributed by atoms with E-state index in [4.69, 9.17) is 0 Å². The summed E-state index contributed by atoms with van der Waals surface area (Å²) in [4.78, 5) is 22.8. The lowest BCUT2D eigenvalue weighted by molar-refractivity contribution is 0.103. The topological polar surface area (TPSA) is 48.5 Å². The lowest BCUT2D eigenvalue weighted by Gasteiger charge is -2.32. The van der Waals surface area contributed by atoms with Crippen LogP contribution < -0.4 is 5.32 Å². The third-order valence-electron chi connectivity index (χ3n) is 4.82. The van der Waals surface area contributed by atoms with Crippen molar-refractivity contribution in [1.82, 2.24) is 14.8 Å². The molecule has 0 bridgehead atoms. The van der Waals surface area contributed by atoms with Gasteiger partial charge in [-0.05, 0) is 37.6 Å². The Labute approximate surface area is 166 Å². The van der Waals surface area contributed by atoms with Crippen molar-refractivity contribution >= 4 is 22.9 Å². The zero-order valence-corrected chi connectivity index (χ0v) is 17.6. The van der Waals surface area contributed by atoms with Gasteiger partial charge in [0.05, 0.1) is 10.7 Å². The van der Waals surface area contributed by atoms with E-state index in [0.29, 0.717) is 5.92 Å². The predicted molar refractivity (Wildman–Crippen MR) is 113 cm³/mol. The molecule has 0 saturated carbocycles. The maximum Gasteiger partial charge on any atom is 0.267 e. The van der Waals surface area contributed by atoms with E-state index in [1.807, 2.05) is 19.1 Å². The number of carbonyl (C=O) groups excluding carboxylic acids is 1. The lowest BCUT2D eigenvalue weighted by Crippen LogP contribution is -2.43. The van der Waals surface area contributed by atoms with Gasteiger partial charge in [0.15, 0.2) is 0 Å². The molecule has 0 atom stereocenters. The van der Waals surface area contributed by atoms with Crippen LogP contribution in [0.2, 0.25) is 0 Å². The van der Waals surface area contributed by atoms with Crippen LogP contribution in [0.15, 0.2) is 24.3 Å². The first kappa shape index (κ1) is 20.0. The van der Waals surface area contributed by atoms with Gasteiger partial charge in [0.2, 0.25) is 0 Å². The molecule has 5 nitrogen and oxygen atoms in total. The fraction of sp³-hybridized carbons (Fsp3) is 0.524. The van der Waals surface area contributed by atoms with Gasteiger partial charge in [-0.25, -0.2) is 4.98 Å². The molecular formula is C21H30N4OS. The predicted octanol–water partition coefficient (Wildman–Crippen LogP) is 3.65. The van der Waals surface area contributed by atoms with E-state index in [9.17, 15) is 4.79 Å². The average molecular weight is 387 g/mol. The van der Waals surface area contributed by atoms with Crippen LogP contribution in [-0.2, 0) is 13.0 Å². The number of anilines is 1. The van der Waals surface area contributed by atoms with Gasteiger partial charge in [0.1, 0.15) is 4.88 Å². The van der Waals surface area contributed by atoms with E-state index in [2.05, 4.69) is 53.1 Å². The van der Waals surface area contributed by atoms with E-state index in [0.717, 1.165) is 60.4 Å². The van der Waals surface area contributed by atoms with Crippen LogP contribution in [0.25, 0.3) is 0 Å². The number of nitrogens with one attached hydrogen (secondary N) is 1. The molecule has 146 valence electrons. The number of aryl methyl sites for hydroxylation is 1. The molecule has 1 N–H and O–H groups in total. The largest absolute Gasteiger partial charge is 0.321 e. The van der Waals surface area contributed by atoms with Crippen molar-refractivity contribution in [2.45, 2.75) is 33.7 Å². The Morgan fingerprint density at radius 1 is 1.26 bits per heavy atom. The maximum atomic E-state index is 12.7. The highest BCUT2D eigenvalue weighted by Crippen LogP contribution is 2.22. The number of benzene rings is 1. The monoisotopic (exact) mass is 386 g/mol. The second kappa shape index (κ2) is 8.95. The fourth-order valence-corrected chi connectivity index (χ4v) is 4.47. The van der Waals surface area contributed by atoms with Crippen LogP contribution in [-0.4, -0.2) is 53.9 Å². The molecule has 0 unspecified atom stereocenters. The Bertz CT molecular complexity index is 778. The van der Waals surface area contributed by atoms with Crippen molar-refractivity contribution in [3.63, 3.8) is 0 Å². The minimum atomic E-state index is -0.0586. The molecule has 1 saturated heterocycles. The minimum Gasteiger partial charge on any atom is -0.321 e. The molecule has 2 aromatic rings. The summed E-state index contributed by atoms with van der Waals surface area (Å²) in [7, 11) is 2.17. The van der Waals surface area contributed by atoms with Gasteiger partial charge in [-0.1, -0.05) is 26.0 Å². The highest BCUT2D eigenvalue weighted by Gasteiger charge is 2.17. The Kier molecular flexibility index (Phi) is 6.63. The van der Waals surface area contributed by atoms with Crippen LogP contribution in [0.1, 0.15) is 39.8 Å². The molecule has 0 radical (unpaired) electrons. The molecule has 1 aliphatic rings. The number of likely N-dealkylation sites (N-methyl/N-ethyl adjacent to an activating group) is 1. The number of aromatic nitrogens is 1. The second-order valence-electron chi connectivity index (χ2n) is 7.85. The zero-order valence-electron chi connectivity index (χ0n) is 16.8. The number of hydrogen-bond donors (Lipinski definition) is 1. The number of nitrogens with zero attached hydrogens (tertiary/aromatic N) is 3. The molecule has 2 heterocycles.